The molecule has 0 aromatic heterocycles. The van der Waals surface area contributed by atoms with E-state index in [4.69, 9.17) is 9.84 Å². The minimum Gasteiger partial charge on any atom is -0.494 e. The van der Waals surface area contributed by atoms with Crippen LogP contribution in [0.2, 0.25) is 0 Å². The number of urea groups is 1. The quantitative estimate of drug-likeness (QED) is 0.639. The molecule has 116 valence electrons. The van der Waals surface area contributed by atoms with Crippen LogP contribution >= 0.6 is 0 Å². The van der Waals surface area contributed by atoms with Crippen LogP contribution in [-0.2, 0) is 4.79 Å². The van der Waals surface area contributed by atoms with E-state index in [0.717, 1.165) is 5.75 Å². The molecule has 1 unspecified atom stereocenters. The number of nitrogens with one attached hydrogen (secondary N) is 2. The van der Waals surface area contributed by atoms with E-state index in [2.05, 4.69) is 10.6 Å². The van der Waals surface area contributed by atoms with Gasteiger partial charge in [-0.05, 0) is 24.5 Å². The third-order valence-corrected chi connectivity index (χ3v) is 2.84. The smallest absolute Gasteiger partial charge is 0.326 e. The molecule has 3 N–H and O–H groups in total. The number of ether oxygens (including phenoxy) is 1. The molecule has 0 fully saturated rings. The zero-order chi connectivity index (χ0) is 15.7. The second-order valence-corrected chi connectivity index (χ2v) is 4.98. The van der Waals surface area contributed by atoms with E-state index in [1.165, 1.54) is 0 Å². The van der Waals surface area contributed by atoms with E-state index in [0.29, 0.717) is 19.6 Å². The van der Waals surface area contributed by atoms with Gasteiger partial charge in [0.15, 0.2) is 0 Å². The van der Waals surface area contributed by atoms with Crippen LogP contribution in [0.1, 0.15) is 20.3 Å². The highest BCUT2D eigenvalue weighted by Gasteiger charge is 2.22. The standard InChI is InChI=1S/C15H22N2O4/c1-11(2)13(14(18)19)17-15(20)16-9-6-10-21-12-7-4-3-5-8-12/h3-5,7-8,11,13H,6,9-10H2,1-2H3,(H,18,19)(H2,16,17,20). The van der Waals surface area contributed by atoms with Crippen molar-refractivity contribution in [1.82, 2.24) is 10.6 Å². The Morgan fingerprint density at radius 1 is 1.24 bits per heavy atom. The lowest BCUT2D eigenvalue weighted by molar-refractivity contribution is -0.140. The van der Waals surface area contributed by atoms with Crippen molar-refractivity contribution in [3.05, 3.63) is 30.3 Å². The number of carboxylic acid groups (broad SMARTS) is 1. The molecule has 21 heavy (non-hydrogen) atoms. The Morgan fingerprint density at radius 3 is 2.48 bits per heavy atom. The van der Waals surface area contributed by atoms with Crippen LogP contribution < -0.4 is 15.4 Å². The van der Waals surface area contributed by atoms with Gasteiger partial charge in [-0.3, -0.25) is 0 Å². The summed E-state index contributed by atoms with van der Waals surface area (Å²) in [6.07, 6.45) is 0.641. The van der Waals surface area contributed by atoms with Gasteiger partial charge < -0.3 is 20.5 Å². The number of para-hydroxylation sites is 1. The molecule has 0 bridgehead atoms. The zero-order valence-electron chi connectivity index (χ0n) is 12.3. The summed E-state index contributed by atoms with van der Waals surface area (Å²) in [6, 6.07) is 8.05. The highest BCUT2D eigenvalue weighted by Crippen LogP contribution is 2.08. The van der Waals surface area contributed by atoms with Gasteiger partial charge in [-0.15, -0.1) is 0 Å². The molecule has 2 amide bonds. The van der Waals surface area contributed by atoms with E-state index in [9.17, 15) is 9.59 Å². The Kier molecular flexibility index (Phi) is 7.08. The predicted octanol–water partition coefficient (Wildman–Crippen LogP) is 1.86. The number of hydrogen-bond acceptors (Lipinski definition) is 3. The number of amides is 2. The van der Waals surface area contributed by atoms with Gasteiger partial charge in [0.25, 0.3) is 0 Å². The van der Waals surface area contributed by atoms with E-state index >= 15 is 0 Å². The summed E-state index contributed by atoms with van der Waals surface area (Å²) in [5.41, 5.74) is 0. The number of aliphatic carboxylic acids is 1. The maximum Gasteiger partial charge on any atom is 0.326 e. The lowest BCUT2D eigenvalue weighted by Crippen LogP contribution is -2.48. The van der Waals surface area contributed by atoms with E-state index in [1.807, 2.05) is 30.3 Å². The first-order chi connectivity index (χ1) is 10.0. The van der Waals surface area contributed by atoms with Crippen molar-refractivity contribution >= 4 is 12.0 Å². The van der Waals surface area contributed by atoms with Gasteiger partial charge in [-0.25, -0.2) is 9.59 Å². The van der Waals surface area contributed by atoms with Gasteiger partial charge in [0.2, 0.25) is 0 Å². The molecule has 6 nitrogen and oxygen atoms in total. The molecule has 6 heteroatoms. The Morgan fingerprint density at radius 2 is 1.90 bits per heavy atom. The predicted molar refractivity (Wildman–Crippen MR) is 79.4 cm³/mol. The minimum absolute atomic E-state index is 0.172. The SMILES string of the molecule is CC(C)C(NC(=O)NCCCOc1ccccc1)C(=O)O. The molecule has 1 atom stereocenters. The van der Waals surface area contributed by atoms with E-state index in [1.54, 1.807) is 13.8 Å². The molecule has 0 aliphatic carbocycles. The van der Waals surface area contributed by atoms with Gasteiger partial charge in [-0.1, -0.05) is 32.0 Å². The summed E-state index contributed by atoms with van der Waals surface area (Å²) in [4.78, 5) is 22.5. The molecule has 0 aliphatic heterocycles. The third-order valence-electron chi connectivity index (χ3n) is 2.84. The largest absolute Gasteiger partial charge is 0.494 e. The summed E-state index contributed by atoms with van der Waals surface area (Å²) in [6.45, 7) is 4.39. The van der Waals surface area contributed by atoms with Crippen LogP contribution in [-0.4, -0.2) is 36.3 Å². The average Bonchev–Trinajstić information content (AvgIpc) is 2.45. The van der Waals surface area contributed by atoms with Gasteiger partial charge in [0, 0.05) is 6.54 Å². The van der Waals surface area contributed by atoms with Crippen molar-refractivity contribution in [3.8, 4) is 5.75 Å². The fraction of sp³-hybridized carbons (Fsp3) is 0.467. The molecule has 1 rings (SSSR count). The Balaban J connectivity index is 2.17. The summed E-state index contributed by atoms with van der Waals surface area (Å²) in [7, 11) is 0. The maximum absolute atomic E-state index is 11.6. The van der Waals surface area contributed by atoms with Crippen molar-refractivity contribution in [3.63, 3.8) is 0 Å². The first kappa shape index (κ1) is 16.8. The van der Waals surface area contributed by atoms with Crippen molar-refractivity contribution in [2.24, 2.45) is 5.92 Å². The summed E-state index contributed by atoms with van der Waals surface area (Å²) in [5, 5.41) is 14.0. The normalized spacial score (nSPS) is 11.8. The second-order valence-electron chi connectivity index (χ2n) is 4.98. The number of carbonyl (C=O) groups is 2. The molecule has 0 heterocycles. The van der Waals surface area contributed by atoms with E-state index in [-0.39, 0.29) is 5.92 Å². The van der Waals surface area contributed by atoms with Crippen LogP contribution in [0.4, 0.5) is 4.79 Å². The minimum atomic E-state index is -1.03. The Hall–Kier alpha value is -2.24. The molecule has 0 spiro atoms. The first-order valence-corrected chi connectivity index (χ1v) is 6.95. The third kappa shape index (κ3) is 6.65. The summed E-state index contributed by atoms with van der Waals surface area (Å²) in [5.74, 6) is -0.421. The van der Waals surface area contributed by atoms with Gasteiger partial charge in [-0.2, -0.15) is 0 Å². The number of carbonyl (C=O) groups excluding carboxylic acids is 1. The molecule has 0 saturated carbocycles. The Labute approximate surface area is 124 Å². The number of carboxylic acids is 1. The van der Waals surface area contributed by atoms with Crippen LogP contribution in [0.3, 0.4) is 0 Å². The molecular formula is C15H22N2O4. The van der Waals surface area contributed by atoms with Gasteiger partial charge >= 0.3 is 12.0 Å². The maximum atomic E-state index is 11.6. The number of rotatable bonds is 8. The van der Waals surface area contributed by atoms with Crippen molar-refractivity contribution in [2.75, 3.05) is 13.2 Å². The van der Waals surface area contributed by atoms with Crippen molar-refractivity contribution in [1.29, 1.82) is 0 Å². The molecule has 1 aromatic rings. The molecule has 0 radical (unpaired) electrons. The lowest BCUT2D eigenvalue weighted by atomic mass is 10.1. The van der Waals surface area contributed by atoms with Gasteiger partial charge in [0.1, 0.15) is 11.8 Å². The van der Waals surface area contributed by atoms with Crippen molar-refractivity contribution in [2.45, 2.75) is 26.3 Å². The van der Waals surface area contributed by atoms with Crippen LogP contribution in [0, 0.1) is 5.92 Å². The number of hydrogen-bond donors (Lipinski definition) is 3. The topological polar surface area (TPSA) is 87.7 Å². The zero-order valence-corrected chi connectivity index (χ0v) is 12.3. The fourth-order valence-electron chi connectivity index (χ4n) is 1.69. The summed E-state index contributed by atoms with van der Waals surface area (Å²) >= 11 is 0. The second kappa shape index (κ2) is 8.84. The molecule has 0 aliphatic rings. The highest BCUT2D eigenvalue weighted by molar-refractivity contribution is 5.82. The average molecular weight is 294 g/mol. The molecular weight excluding hydrogens is 272 g/mol. The van der Waals surface area contributed by atoms with Crippen LogP contribution in [0.15, 0.2) is 30.3 Å². The van der Waals surface area contributed by atoms with Crippen molar-refractivity contribution < 1.29 is 19.4 Å². The monoisotopic (exact) mass is 294 g/mol. The van der Waals surface area contributed by atoms with Crippen LogP contribution in [0.5, 0.6) is 5.75 Å². The molecule has 0 saturated heterocycles. The highest BCUT2D eigenvalue weighted by atomic mass is 16.5. The Bertz CT molecular complexity index is 448. The number of benzene rings is 1. The van der Waals surface area contributed by atoms with Crippen LogP contribution in [0.25, 0.3) is 0 Å². The fourth-order valence-corrected chi connectivity index (χ4v) is 1.69. The first-order valence-electron chi connectivity index (χ1n) is 6.95. The van der Waals surface area contributed by atoms with Gasteiger partial charge in [0.05, 0.1) is 6.61 Å². The summed E-state index contributed by atoms with van der Waals surface area (Å²) < 4.78 is 5.48. The van der Waals surface area contributed by atoms with E-state index < -0.39 is 18.0 Å². The molecule has 1 aromatic carbocycles. The lowest BCUT2D eigenvalue weighted by Gasteiger charge is -2.18.